The van der Waals surface area contributed by atoms with Crippen LogP contribution >= 0.6 is 11.6 Å². The Bertz CT molecular complexity index is 561. The van der Waals surface area contributed by atoms with Crippen LogP contribution in [0.25, 0.3) is 0 Å². The lowest BCUT2D eigenvalue weighted by Crippen LogP contribution is -2.44. The minimum absolute atomic E-state index is 0.0189. The Balaban J connectivity index is 1.55. The zero-order valence-corrected chi connectivity index (χ0v) is 14.7. The second-order valence-corrected chi connectivity index (χ2v) is 6.88. The van der Waals surface area contributed by atoms with Gasteiger partial charge in [-0.1, -0.05) is 11.6 Å². The molecule has 3 rings (SSSR count). The highest BCUT2D eigenvalue weighted by atomic mass is 35.5. The van der Waals surface area contributed by atoms with Gasteiger partial charge < -0.3 is 9.64 Å². The molecule has 3 heterocycles. The Kier molecular flexibility index (Phi) is 5.24. The van der Waals surface area contributed by atoms with Gasteiger partial charge in [-0.3, -0.25) is 14.4 Å². The number of ether oxygens (including phenoxy) is 1. The van der Waals surface area contributed by atoms with E-state index in [4.69, 9.17) is 16.3 Å². The first-order valence-corrected chi connectivity index (χ1v) is 8.72. The van der Waals surface area contributed by atoms with Crippen molar-refractivity contribution >= 4 is 17.5 Å². The number of nitrogens with zero attached hydrogens (tertiary/aromatic N) is 4. The molecule has 2 aliphatic heterocycles. The molecule has 0 N–H and O–H groups in total. The van der Waals surface area contributed by atoms with Crippen LogP contribution in [0.5, 0.6) is 0 Å². The number of likely N-dealkylation sites (tertiary alicyclic amines) is 1. The van der Waals surface area contributed by atoms with Crippen molar-refractivity contribution in [3.8, 4) is 0 Å². The molecular formula is C16H25ClN4O2. The number of hydrogen-bond donors (Lipinski definition) is 0. The Hall–Kier alpha value is -1.11. The number of morpholine rings is 1. The van der Waals surface area contributed by atoms with Crippen LogP contribution in [0, 0.1) is 12.8 Å². The summed E-state index contributed by atoms with van der Waals surface area (Å²) in [6.07, 6.45) is 2.11. The van der Waals surface area contributed by atoms with Crippen LogP contribution < -0.4 is 0 Å². The van der Waals surface area contributed by atoms with Gasteiger partial charge in [0.1, 0.15) is 5.15 Å². The van der Waals surface area contributed by atoms with Crippen molar-refractivity contribution in [2.24, 2.45) is 13.0 Å². The van der Waals surface area contributed by atoms with E-state index in [0.717, 1.165) is 58.8 Å². The summed E-state index contributed by atoms with van der Waals surface area (Å²) in [6.45, 7) is 8.32. The largest absolute Gasteiger partial charge is 0.379 e. The molecular weight excluding hydrogens is 316 g/mol. The first-order chi connectivity index (χ1) is 11.1. The molecule has 0 aliphatic carbocycles. The van der Waals surface area contributed by atoms with Crippen molar-refractivity contribution < 1.29 is 9.53 Å². The fraction of sp³-hybridized carbons (Fsp3) is 0.750. The third-order valence-electron chi connectivity index (χ3n) is 4.89. The second kappa shape index (κ2) is 7.20. The SMILES string of the molecule is Cc1nn(C)c(Cl)c1C(=O)N1CCC(CN2CCOCC2)CC1. The van der Waals surface area contributed by atoms with Crippen molar-refractivity contribution in [2.45, 2.75) is 19.8 Å². The lowest BCUT2D eigenvalue weighted by molar-refractivity contribution is 0.0243. The Morgan fingerprint density at radius 1 is 1.26 bits per heavy atom. The molecule has 0 aromatic carbocycles. The molecule has 2 fully saturated rings. The van der Waals surface area contributed by atoms with Gasteiger partial charge in [0.05, 0.1) is 24.5 Å². The minimum atomic E-state index is 0.0189. The number of aryl methyl sites for hydroxylation is 2. The van der Waals surface area contributed by atoms with Crippen LogP contribution in [0.15, 0.2) is 0 Å². The van der Waals surface area contributed by atoms with Gasteiger partial charge in [-0.2, -0.15) is 5.10 Å². The summed E-state index contributed by atoms with van der Waals surface area (Å²) >= 11 is 6.22. The number of hydrogen-bond acceptors (Lipinski definition) is 4. The maximum atomic E-state index is 12.7. The van der Waals surface area contributed by atoms with Gasteiger partial charge >= 0.3 is 0 Å². The van der Waals surface area contributed by atoms with Crippen molar-refractivity contribution in [3.63, 3.8) is 0 Å². The van der Waals surface area contributed by atoms with Crippen LogP contribution in [0.1, 0.15) is 28.9 Å². The van der Waals surface area contributed by atoms with Crippen LogP contribution in [-0.2, 0) is 11.8 Å². The van der Waals surface area contributed by atoms with E-state index in [-0.39, 0.29) is 5.91 Å². The average molecular weight is 341 g/mol. The van der Waals surface area contributed by atoms with E-state index in [2.05, 4.69) is 10.00 Å². The molecule has 2 aliphatic rings. The van der Waals surface area contributed by atoms with Crippen molar-refractivity contribution in [1.29, 1.82) is 0 Å². The van der Waals surface area contributed by atoms with Crippen LogP contribution in [-0.4, -0.2) is 71.4 Å². The molecule has 0 spiro atoms. The van der Waals surface area contributed by atoms with Gasteiger partial charge in [-0.05, 0) is 25.7 Å². The number of halogens is 1. The summed E-state index contributed by atoms with van der Waals surface area (Å²) in [7, 11) is 1.76. The summed E-state index contributed by atoms with van der Waals surface area (Å²) in [6, 6.07) is 0. The summed E-state index contributed by atoms with van der Waals surface area (Å²) in [5.74, 6) is 0.688. The maximum absolute atomic E-state index is 12.7. The minimum Gasteiger partial charge on any atom is -0.379 e. The lowest BCUT2D eigenvalue weighted by atomic mass is 9.95. The normalized spacial score (nSPS) is 20.9. The van der Waals surface area contributed by atoms with Gasteiger partial charge in [0.15, 0.2) is 0 Å². The van der Waals surface area contributed by atoms with Crippen molar-refractivity contribution in [3.05, 3.63) is 16.4 Å². The summed E-state index contributed by atoms with van der Waals surface area (Å²) in [4.78, 5) is 17.1. The Labute approximate surface area is 142 Å². The van der Waals surface area contributed by atoms with E-state index >= 15 is 0 Å². The fourth-order valence-corrected chi connectivity index (χ4v) is 3.75. The van der Waals surface area contributed by atoms with E-state index in [1.54, 1.807) is 11.7 Å². The Morgan fingerprint density at radius 2 is 1.91 bits per heavy atom. The molecule has 0 unspecified atom stereocenters. The van der Waals surface area contributed by atoms with Gasteiger partial charge in [0, 0.05) is 39.8 Å². The predicted molar refractivity (Wildman–Crippen MR) is 88.8 cm³/mol. The summed E-state index contributed by atoms with van der Waals surface area (Å²) in [5, 5.41) is 4.67. The van der Waals surface area contributed by atoms with Gasteiger partial charge in [0.25, 0.3) is 5.91 Å². The monoisotopic (exact) mass is 340 g/mol. The first-order valence-electron chi connectivity index (χ1n) is 8.34. The number of carbonyl (C=O) groups excluding carboxylic acids is 1. The van der Waals surface area contributed by atoms with Crippen LogP contribution in [0.4, 0.5) is 0 Å². The molecule has 1 aromatic heterocycles. The standard InChI is InChI=1S/C16H25ClN4O2/c1-12-14(15(17)19(2)18-12)16(22)21-5-3-13(4-6-21)11-20-7-9-23-10-8-20/h13H,3-11H2,1-2H3. The van der Waals surface area contributed by atoms with E-state index in [9.17, 15) is 4.79 Å². The van der Waals surface area contributed by atoms with E-state index < -0.39 is 0 Å². The molecule has 7 heteroatoms. The zero-order valence-electron chi connectivity index (χ0n) is 13.9. The van der Waals surface area contributed by atoms with E-state index in [1.165, 1.54) is 0 Å². The van der Waals surface area contributed by atoms with Crippen molar-refractivity contribution in [2.75, 3.05) is 45.9 Å². The van der Waals surface area contributed by atoms with Crippen LogP contribution in [0.2, 0.25) is 5.15 Å². The second-order valence-electron chi connectivity index (χ2n) is 6.52. The van der Waals surface area contributed by atoms with Gasteiger partial charge in [0.2, 0.25) is 0 Å². The molecule has 2 saturated heterocycles. The molecule has 23 heavy (non-hydrogen) atoms. The highest BCUT2D eigenvalue weighted by Crippen LogP contribution is 2.24. The maximum Gasteiger partial charge on any atom is 0.258 e. The highest BCUT2D eigenvalue weighted by molar-refractivity contribution is 6.33. The molecule has 1 aromatic rings. The molecule has 1 amide bonds. The highest BCUT2D eigenvalue weighted by Gasteiger charge is 2.28. The smallest absolute Gasteiger partial charge is 0.258 e. The van der Waals surface area contributed by atoms with Gasteiger partial charge in [-0.25, -0.2) is 0 Å². The average Bonchev–Trinajstić information content (AvgIpc) is 2.81. The number of carbonyl (C=O) groups is 1. The number of piperidine rings is 1. The summed E-state index contributed by atoms with van der Waals surface area (Å²) in [5.41, 5.74) is 1.26. The number of amides is 1. The van der Waals surface area contributed by atoms with E-state index in [0.29, 0.717) is 22.3 Å². The summed E-state index contributed by atoms with van der Waals surface area (Å²) < 4.78 is 6.96. The van der Waals surface area contributed by atoms with E-state index in [1.807, 2.05) is 11.8 Å². The first kappa shape index (κ1) is 16.7. The molecule has 128 valence electrons. The number of rotatable bonds is 3. The third-order valence-corrected chi connectivity index (χ3v) is 5.32. The zero-order chi connectivity index (χ0) is 16.4. The molecule has 6 nitrogen and oxygen atoms in total. The van der Waals surface area contributed by atoms with Crippen molar-refractivity contribution in [1.82, 2.24) is 19.6 Å². The van der Waals surface area contributed by atoms with Crippen LogP contribution in [0.3, 0.4) is 0 Å². The quantitative estimate of drug-likeness (QED) is 0.838. The fourth-order valence-electron chi connectivity index (χ4n) is 3.50. The third kappa shape index (κ3) is 3.70. The molecule has 0 radical (unpaired) electrons. The number of aromatic nitrogens is 2. The Morgan fingerprint density at radius 3 is 2.48 bits per heavy atom. The molecule has 0 bridgehead atoms. The van der Waals surface area contributed by atoms with Gasteiger partial charge in [-0.15, -0.1) is 0 Å². The molecule has 0 saturated carbocycles. The molecule has 0 atom stereocenters. The topological polar surface area (TPSA) is 50.6 Å². The lowest BCUT2D eigenvalue weighted by Gasteiger charge is -2.36. The predicted octanol–water partition coefficient (Wildman–Crippen LogP) is 1.57.